The van der Waals surface area contributed by atoms with Gasteiger partial charge < -0.3 is 14.6 Å². The van der Waals surface area contributed by atoms with Crippen molar-refractivity contribution in [2.24, 2.45) is 0 Å². The van der Waals surface area contributed by atoms with Gasteiger partial charge >= 0.3 is 0 Å². The first kappa shape index (κ1) is 19.4. The van der Waals surface area contributed by atoms with Gasteiger partial charge in [-0.2, -0.15) is 0 Å². The summed E-state index contributed by atoms with van der Waals surface area (Å²) in [4.78, 5) is 19.0. The first-order chi connectivity index (χ1) is 14.3. The Morgan fingerprint density at radius 1 is 1.00 bits per heavy atom. The summed E-state index contributed by atoms with van der Waals surface area (Å²) in [5.74, 6) is -0.0552. The van der Waals surface area contributed by atoms with Crippen LogP contribution in [0.4, 0.5) is 0 Å². The molecule has 2 heterocycles. The Morgan fingerprint density at radius 2 is 1.76 bits per heavy atom. The second-order valence-corrected chi connectivity index (χ2v) is 7.27. The fourth-order valence-corrected chi connectivity index (χ4v) is 3.51. The molecule has 150 valence electrons. The molecule has 1 aliphatic rings. The van der Waals surface area contributed by atoms with Gasteiger partial charge in [-0.25, -0.2) is 4.98 Å². The van der Waals surface area contributed by atoms with Gasteiger partial charge in [0.25, 0.3) is 5.91 Å². The predicted octanol–water partition coefficient (Wildman–Crippen LogP) is 2.69. The molecule has 4 rings (SSSR count). The number of hydrogen-bond donors (Lipinski definition) is 1. The van der Waals surface area contributed by atoms with E-state index >= 15 is 0 Å². The molecule has 1 aromatic heterocycles. The second-order valence-electron chi connectivity index (χ2n) is 7.27. The molecule has 29 heavy (non-hydrogen) atoms. The molecule has 1 amide bonds. The standard InChI is InChI=1S/C23H26N4O2/c28-23(20-7-5-19(6-8-20)16-27-10-9-24-18-27)25-15-21-3-1-2-4-22(21)17-26-11-13-29-14-12-26/h1-10,18H,11-17H2,(H,25,28). The van der Waals surface area contributed by atoms with Gasteiger partial charge in [0.2, 0.25) is 0 Å². The highest BCUT2D eigenvalue weighted by atomic mass is 16.5. The summed E-state index contributed by atoms with van der Waals surface area (Å²) in [6, 6.07) is 16.0. The lowest BCUT2D eigenvalue weighted by atomic mass is 10.1. The molecule has 0 unspecified atom stereocenters. The third-order valence-electron chi connectivity index (χ3n) is 5.20. The largest absolute Gasteiger partial charge is 0.379 e. The highest BCUT2D eigenvalue weighted by Crippen LogP contribution is 2.13. The molecule has 1 saturated heterocycles. The molecular formula is C23H26N4O2. The SMILES string of the molecule is O=C(NCc1ccccc1CN1CCOCC1)c1ccc(Cn2ccnc2)cc1. The molecule has 0 bridgehead atoms. The first-order valence-electron chi connectivity index (χ1n) is 9.98. The maximum atomic E-state index is 12.6. The van der Waals surface area contributed by atoms with E-state index in [1.54, 1.807) is 12.5 Å². The molecule has 0 radical (unpaired) electrons. The van der Waals surface area contributed by atoms with E-state index in [9.17, 15) is 4.79 Å². The zero-order valence-electron chi connectivity index (χ0n) is 16.5. The minimum absolute atomic E-state index is 0.0552. The number of hydrogen-bond acceptors (Lipinski definition) is 4. The van der Waals surface area contributed by atoms with Crippen molar-refractivity contribution < 1.29 is 9.53 Å². The highest BCUT2D eigenvalue weighted by Gasteiger charge is 2.13. The molecule has 6 nitrogen and oxygen atoms in total. The van der Waals surface area contributed by atoms with Crippen LogP contribution in [-0.4, -0.2) is 46.7 Å². The van der Waals surface area contributed by atoms with Crippen LogP contribution in [0.1, 0.15) is 27.0 Å². The number of carbonyl (C=O) groups is 1. The van der Waals surface area contributed by atoms with Gasteiger partial charge in [0.15, 0.2) is 0 Å². The highest BCUT2D eigenvalue weighted by molar-refractivity contribution is 5.94. The van der Waals surface area contributed by atoms with Crippen LogP contribution in [0.2, 0.25) is 0 Å². The van der Waals surface area contributed by atoms with Crippen molar-refractivity contribution in [3.63, 3.8) is 0 Å². The minimum Gasteiger partial charge on any atom is -0.379 e. The van der Waals surface area contributed by atoms with E-state index in [-0.39, 0.29) is 5.91 Å². The molecule has 0 saturated carbocycles. The van der Waals surface area contributed by atoms with E-state index in [1.807, 2.05) is 41.1 Å². The number of rotatable bonds is 7. The molecule has 1 aliphatic heterocycles. The van der Waals surface area contributed by atoms with Crippen LogP contribution in [0.15, 0.2) is 67.3 Å². The Morgan fingerprint density at radius 3 is 2.48 bits per heavy atom. The summed E-state index contributed by atoms with van der Waals surface area (Å²) in [6.07, 6.45) is 5.47. The van der Waals surface area contributed by atoms with Crippen molar-refractivity contribution in [3.05, 3.63) is 89.5 Å². The lowest BCUT2D eigenvalue weighted by Crippen LogP contribution is -2.36. The molecule has 6 heteroatoms. The topological polar surface area (TPSA) is 59.4 Å². The quantitative estimate of drug-likeness (QED) is 0.674. The van der Waals surface area contributed by atoms with Crippen LogP contribution in [0.5, 0.6) is 0 Å². The second kappa shape index (κ2) is 9.49. The van der Waals surface area contributed by atoms with E-state index in [1.165, 1.54) is 5.56 Å². The summed E-state index contributed by atoms with van der Waals surface area (Å²) >= 11 is 0. The summed E-state index contributed by atoms with van der Waals surface area (Å²) in [7, 11) is 0. The van der Waals surface area contributed by atoms with Crippen LogP contribution in [0.25, 0.3) is 0 Å². The minimum atomic E-state index is -0.0552. The van der Waals surface area contributed by atoms with Crippen LogP contribution in [0, 0.1) is 0 Å². The summed E-state index contributed by atoms with van der Waals surface area (Å²) in [5, 5.41) is 3.06. The third kappa shape index (κ3) is 5.31. The van der Waals surface area contributed by atoms with Crippen LogP contribution < -0.4 is 5.32 Å². The normalized spacial score (nSPS) is 14.6. The zero-order chi connectivity index (χ0) is 19.9. The molecule has 0 aliphatic carbocycles. The molecule has 3 aromatic rings. The summed E-state index contributed by atoms with van der Waals surface area (Å²) in [6.45, 7) is 5.63. The number of benzene rings is 2. The first-order valence-corrected chi connectivity index (χ1v) is 9.98. The number of amides is 1. The van der Waals surface area contributed by atoms with Crippen LogP contribution >= 0.6 is 0 Å². The van der Waals surface area contributed by atoms with Crippen molar-refractivity contribution in [2.45, 2.75) is 19.6 Å². The van der Waals surface area contributed by atoms with Gasteiger partial charge in [0.1, 0.15) is 0 Å². The summed E-state index contributed by atoms with van der Waals surface area (Å²) < 4.78 is 7.43. The lowest BCUT2D eigenvalue weighted by molar-refractivity contribution is 0.0340. The molecule has 2 aromatic carbocycles. The average Bonchev–Trinajstić information content (AvgIpc) is 3.27. The Balaban J connectivity index is 1.34. The number of carbonyl (C=O) groups excluding carboxylic acids is 1. The average molecular weight is 390 g/mol. The number of ether oxygens (including phenoxy) is 1. The zero-order valence-corrected chi connectivity index (χ0v) is 16.5. The Kier molecular flexibility index (Phi) is 6.34. The third-order valence-corrected chi connectivity index (χ3v) is 5.20. The van der Waals surface area contributed by atoms with Crippen LogP contribution in [0.3, 0.4) is 0 Å². The van der Waals surface area contributed by atoms with E-state index in [0.717, 1.165) is 50.5 Å². The van der Waals surface area contributed by atoms with Gasteiger partial charge in [-0.15, -0.1) is 0 Å². The molecule has 1 fully saturated rings. The Bertz CT molecular complexity index is 916. The van der Waals surface area contributed by atoms with Gasteiger partial charge in [-0.05, 0) is 28.8 Å². The van der Waals surface area contributed by atoms with Gasteiger partial charge in [-0.3, -0.25) is 9.69 Å². The van der Waals surface area contributed by atoms with Crippen LogP contribution in [-0.2, 0) is 24.4 Å². The monoisotopic (exact) mass is 390 g/mol. The number of morpholine rings is 1. The lowest BCUT2D eigenvalue weighted by Gasteiger charge is -2.27. The smallest absolute Gasteiger partial charge is 0.251 e. The number of nitrogens with one attached hydrogen (secondary N) is 1. The fourth-order valence-electron chi connectivity index (χ4n) is 3.51. The van der Waals surface area contributed by atoms with Gasteiger partial charge in [0.05, 0.1) is 19.5 Å². The number of imidazole rings is 1. The maximum absolute atomic E-state index is 12.6. The molecule has 0 spiro atoms. The fraction of sp³-hybridized carbons (Fsp3) is 0.304. The van der Waals surface area contributed by atoms with Crippen molar-refractivity contribution in [2.75, 3.05) is 26.3 Å². The maximum Gasteiger partial charge on any atom is 0.251 e. The Hall–Kier alpha value is -2.96. The molecule has 1 N–H and O–H groups in total. The van der Waals surface area contributed by atoms with E-state index in [4.69, 9.17) is 4.74 Å². The van der Waals surface area contributed by atoms with Crippen molar-refractivity contribution >= 4 is 5.91 Å². The predicted molar refractivity (Wildman–Crippen MR) is 111 cm³/mol. The Labute approximate surface area is 171 Å². The van der Waals surface area contributed by atoms with Crippen molar-refractivity contribution in [3.8, 4) is 0 Å². The molecule has 0 atom stereocenters. The van der Waals surface area contributed by atoms with E-state index in [0.29, 0.717) is 12.1 Å². The van der Waals surface area contributed by atoms with Gasteiger partial charge in [-0.1, -0.05) is 36.4 Å². The number of aromatic nitrogens is 2. The van der Waals surface area contributed by atoms with E-state index < -0.39 is 0 Å². The van der Waals surface area contributed by atoms with Crippen molar-refractivity contribution in [1.82, 2.24) is 19.8 Å². The van der Waals surface area contributed by atoms with Gasteiger partial charge in [0, 0.05) is 50.7 Å². The van der Waals surface area contributed by atoms with Crippen molar-refractivity contribution in [1.29, 1.82) is 0 Å². The van der Waals surface area contributed by atoms with E-state index in [2.05, 4.69) is 33.4 Å². The molecular weight excluding hydrogens is 364 g/mol. The number of nitrogens with zero attached hydrogens (tertiary/aromatic N) is 3. The summed E-state index contributed by atoms with van der Waals surface area (Å²) in [5.41, 5.74) is 4.22.